The molecule has 2 aromatic rings. The van der Waals surface area contributed by atoms with Crippen LogP contribution in [0.1, 0.15) is 36.6 Å². The first-order valence-corrected chi connectivity index (χ1v) is 12.1. The van der Waals surface area contributed by atoms with Crippen molar-refractivity contribution in [2.75, 3.05) is 13.7 Å². The van der Waals surface area contributed by atoms with Gasteiger partial charge in [-0.2, -0.15) is 0 Å². The van der Waals surface area contributed by atoms with Crippen LogP contribution in [0.25, 0.3) is 11.3 Å². The molecule has 3 heterocycles. The molecule has 27 heavy (non-hydrogen) atoms. The molecule has 6 heteroatoms. The molecule has 1 aromatic heterocycles. The fourth-order valence-corrected chi connectivity index (χ4v) is 7.00. The van der Waals surface area contributed by atoms with E-state index < -0.39 is 22.0 Å². The molecule has 1 aromatic carbocycles. The topological polar surface area (TPSA) is 60.7 Å². The summed E-state index contributed by atoms with van der Waals surface area (Å²) >= 11 is -0.468. The molecule has 0 spiro atoms. The Kier molecular flexibility index (Phi) is 5.45. The normalized spacial score (nSPS) is 21.9. The molecule has 144 valence electrons. The van der Waals surface area contributed by atoms with E-state index in [9.17, 15) is 9.90 Å². The van der Waals surface area contributed by atoms with Gasteiger partial charge in [0.15, 0.2) is 0 Å². The molecule has 1 N–H and O–H groups in total. The maximum atomic E-state index is 12.8. The standard InChI is InChI=1S/C21H26AsNO4/c1-13-18(22-12-16-5-3-4-8-27-16)11-20(25)23-19(24)10-14-9-15(26-2)6-7-17(14)21(13)23/h6-7,9,11,16,19,22,24H,3-5,8,10,12H2,1-2H3. The molecule has 0 aliphatic carbocycles. The van der Waals surface area contributed by atoms with Gasteiger partial charge in [-0.3, -0.25) is 0 Å². The van der Waals surface area contributed by atoms with Gasteiger partial charge in [0.05, 0.1) is 0 Å². The number of pyridine rings is 1. The van der Waals surface area contributed by atoms with Gasteiger partial charge < -0.3 is 0 Å². The van der Waals surface area contributed by atoms with E-state index in [2.05, 4.69) is 6.92 Å². The summed E-state index contributed by atoms with van der Waals surface area (Å²) in [6.45, 7) is 2.95. The number of rotatable bonds is 4. The second-order valence-electron chi connectivity index (χ2n) is 7.32. The fourth-order valence-electron chi connectivity index (χ4n) is 4.11. The van der Waals surface area contributed by atoms with Gasteiger partial charge in [-0.1, -0.05) is 0 Å². The van der Waals surface area contributed by atoms with Crippen LogP contribution in [-0.4, -0.2) is 45.2 Å². The summed E-state index contributed by atoms with van der Waals surface area (Å²) in [6.07, 6.45) is 3.47. The number of methoxy groups -OCH3 is 1. The fraction of sp³-hybridized carbons (Fsp3) is 0.476. The van der Waals surface area contributed by atoms with Crippen LogP contribution < -0.4 is 14.6 Å². The van der Waals surface area contributed by atoms with Gasteiger partial charge >= 0.3 is 166 Å². The molecular weight excluding hydrogens is 405 g/mol. The Morgan fingerprint density at radius 2 is 2.19 bits per heavy atom. The summed E-state index contributed by atoms with van der Waals surface area (Å²) in [5.74, 6) is 0.772. The summed E-state index contributed by atoms with van der Waals surface area (Å²) < 4.78 is 13.9. The van der Waals surface area contributed by atoms with E-state index >= 15 is 0 Å². The minimum atomic E-state index is -0.832. The third-order valence-electron chi connectivity index (χ3n) is 5.57. The zero-order chi connectivity index (χ0) is 19.0. The molecule has 1 fully saturated rings. The average molecular weight is 431 g/mol. The van der Waals surface area contributed by atoms with Crippen LogP contribution in [0.3, 0.4) is 0 Å². The minimum absolute atomic E-state index is 0.104. The van der Waals surface area contributed by atoms with Crippen molar-refractivity contribution in [2.45, 2.75) is 50.1 Å². The molecule has 2 aliphatic rings. The summed E-state index contributed by atoms with van der Waals surface area (Å²) in [7, 11) is 1.64. The molecule has 0 bridgehead atoms. The van der Waals surface area contributed by atoms with Crippen LogP contribution in [0.2, 0.25) is 5.21 Å². The van der Waals surface area contributed by atoms with Gasteiger partial charge in [-0.15, -0.1) is 0 Å². The summed E-state index contributed by atoms with van der Waals surface area (Å²) in [5.41, 5.74) is 3.93. The summed E-state index contributed by atoms with van der Waals surface area (Å²) in [6, 6.07) is 7.64. The van der Waals surface area contributed by atoms with Crippen molar-refractivity contribution in [1.82, 2.24) is 4.57 Å². The zero-order valence-electron chi connectivity index (χ0n) is 15.8. The van der Waals surface area contributed by atoms with E-state index in [0.29, 0.717) is 12.5 Å². The van der Waals surface area contributed by atoms with Gasteiger partial charge in [0.25, 0.3) is 0 Å². The molecular formula is C21H26AsNO4. The van der Waals surface area contributed by atoms with Gasteiger partial charge in [0.1, 0.15) is 0 Å². The number of nitrogens with zero attached hydrogens (tertiary/aromatic N) is 1. The Bertz CT molecular complexity index is 902. The summed E-state index contributed by atoms with van der Waals surface area (Å²) in [4.78, 5) is 12.8. The third kappa shape index (κ3) is 3.61. The van der Waals surface area contributed by atoms with Crippen molar-refractivity contribution in [3.8, 4) is 17.0 Å². The van der Waals surface area contributed by atoms with Crippen LogP contribution in [0.4, 0.5) is 0 Å². The number of hydrogen-bond donors (Lipinski definition) is 1. The van der Waals surface area contributed by atoms with E-state index in [1.807, 2.05) is 18.2 Å². The van der Waals surface area contributed by atoms with Crippen molar-refractivity contribution in [2.24, 2.45) is 0 Å². The van der Waals surface area contributed by atoms with Crippen molar-refractivity contribution in [3.05, 3.63) is 45.7 Å². The Hall–Kier alpha value is -1.55. The van der Waals surface area contributed by atoms with E-state index in [1.165, 1.54) is 10.8 Å². The Labute approximate surface area is 166 Å². The number of benzene rings is 1. The van der Waals surface area contributed by atoms with Crippen LogP contribution in [-0.2, 0) is 11.2 Å². The molecule has 4 rings (SSSR count). The molecule has 2 aliphatic heterocycles. The van der Waals surface area contributed by atoms with Gasteiger partial charge in [-0.25, -0.2) is 0 Å². The molecule has 1 saturated heterocycles. The van der Waals surface area contributed by atoms with Gasteiger partial charge in [-0.05, 0) is 0 Å². The second-order valence-corrected chi connectivity index (χ2v) is 10.0. The number of hydrogen-bond acceptors (Lipinski definition) is 4. The molecule has 3 atom stereocenters. The van der Waals surface area contributed by atoms with Crippen molar-refractivity contribution < 1.29 is 14.6 Å². The molecule has 0 radical (unpaired) electrons. The Morgan fingerprint density at radius 3 is 2.93 bits per heavy atom. The molecule has 5 nitrogen and oxygen atoms in total. The van der Waals surface area contributed by atoms with Crippen molar-refractivity contribution in [1.29, 1.82) is 0 Å². The van der Waals surface area contributed by atoms with Gasteiger partial charge in [0, 0.05) is 0 Å². The maximum absolute atomic E-state index is 12.8. The van der Waals surface area contributed by atoms with E-state index in [0.717, 1.165) is 52.8 Å². The molecule has 3 unspecified atom stereocenters. The Morgan fingerprint density at radius 1 is 1.33 bits per heavy atom. The SMILES string of the molecule is COc1ccc2c(c1)CC(O)n1c-2c(C)c([AsH]CC2CCCCO2)cc1=O. The summed E-state index contributed by atoms with van der Waals surface area (Å²) in [5, 5.41) is 11.7. The predicted octanol–water partition coefficient (Wildman–Crippen LogP) is 1.93. The van der Waals surface area contributed by atoms with Crippen molar-refractivity contribution >= 4 is 20.1 Å². The van der Waals surface area contributed by atoms with Crippen LogP contribution >= 0.6 is 0 Å². The van der Waals surface area contributed by atoms with E-state index in [-0.39, 0.29) is 5.56 Å². The number of ether oxygens (including phenoxy) is 2. The predicted molar refractivity (Wildman–Crippen MR) is 108 cm³/mol. The molecule has 0 amide bonds. The number of aliphatic hydroxyl groups excluding tert-OH is 1. The first-order valence-electron chi connectivity index (χ1n) is 9.55. The van der Waals surface area contributed by atoms with E-state index in [4.69, 9.17) is 9.47 Å². The number of aliphatic hydroxyl groups is 1. The number of aromatic nitrogens is 1. The monoisotopic (exact) mass is 431 g/mol. The van der Waals surface area contributed by atoms with Crippen molar-refractivity contribution in [3.63, 3.8) is 0 Å². The first kappa shape index (κ1) is 18.8. The van der Waals surface area contributed by atoms with Gasteiger partial charge in [0.2, 0.25) is 0 Å². The first-order chi connectivity index (χ1) is 13.1. The average Bonchev–Trinajstić information content (AvgIpc) is 2.69. The quantitative estimate of drug-likeness (QED) is 0.752. The third-order valence-corrected chi connectivity index (χ3v) is 8.84. The van der Waals surface area contributed by atoms with Crippen LogP contribution in [0, 0.1) is 6.92 Å². The Balaban J connectivity index is 1.72. The molecule has 0 saturated carbocycles. The van der Waals surface area contributed by atoms with Crippen LogP contribution in [0.5, 0.6) is 5.75 Å². The zero-order valence-corrected chi connectivity index (χ0v) is 17.9. The van der Waals surface area contributed by atoms with Crippen LogP contribution in [0.15, 0.2) is 29.1 Å². The second kappa shape index (κ2) is 7.82. The van der Waals surface area contributed by atoms with E-state index in [1.54, 1.807) is 17.7 Å². The number of fused-ring (bicyclic) bond motifs is 3.